The first kappa shape index (κ1) is 21.5. The van der Waals surface area contributed by atoms with Gasteiger partial charge in [0.25, 0.3) is 5.91 Å². The van der Waals surface area contributed by atoms with Gasteiger partial charge in [0.15, 0.2) is 6.61 Å². The molecule has 0 saturated carbocycles. The largest absolute Gasteiger partial charge is 0.482 e. The summed E-state index contributed by atoms with van der Waals surface area (Å²) in [5.74, 6) is -2.11. The highest BCUT2D eigenvalue weighted by Crippen LogP contribution is 2.29. The zero-order chi connectivity index (χ0) is 21.0. The first-order valence-electron chi connectivity index (χ1n) is 8.95. The van der Waals surface area contributed by atoms with Crippen LogP contribution in [0.5, 0.6) is 5.75 Å². The minimum atomic E-state index is -3.65. The molecule has 0 atom stereocenters. The average molecular weight is 445 g/mol. The number of carbonyl (C=O) groups excluding carboxylic acids is 1. The van der Waals surface area contributed by atoms with E-state index >= 15 is 0 Å². The highest BCUT2D eigenvalue weighted by atomic mass is 35.5. The van der Waals surface area contributed by atoms with Crippen LogP contribution < -0.4 is 10.1 Å². The van der Waals surface area contributed by atoms with E-state index in [4.69, 9.17) is 16.3 Å². The number of rotatable bonds is 6. The summed E-state index contributed by atoms with van der Waals surface area (Å²) in [5, 5.41) is 2.22. The van der Waals surface area contributed by atoms with Gasteiger partial charge in [-0.05, 0) is 43.2 Å². The van der Waals surface area contributed by atoms with E-state index in [2.05, 4.69) is 5.32 Å². The number of nitrogens with one attached hydrogen (secondary N) is 1. The van der Waals surface area contributed by atoms with E-state index in [9.17, 15) is 22.0 Å². The Labute approximate surface area is 172 Å². The van der Waals surface area contributed by atoms with Gasteiger partial charge in [0, 0.05) is 19.2 Å². The molecule has 3 rings (SSSR count). The van der Waals surface area contributed by atoms with Gasteiger partial charge in [-0.15, -0.1) is 0 Å². The van der Waals surface area contributed by atoms with Crippen LogP contribution in [-0.2, 0) is 14.8 Å². The van der Waals surface area contributed by atoms with Gasteiger partial charge in [0.05, 0.1) is 15.6 Å². The molecule has 10 heteroatoms. The molecule has 1 fully saturated rings. The number of piperidine rings is 1. The Morgan fingerprint density at radius 2 is 1.83 bits per heavy atom. The molecule has 0 spiro atoms. The Hall–Kier alpha value is -2.23. The molecule has 0 radical (unpaired) electrons. The summed E-state index contributed by atoms with van der Waals surface area (Å²) < 4.78 is 58.8. The Bertz CT molecular complexity index is 1010. The van der Waals surface area contributed by atoms with Crippen LogP contribution in [0.3, 0.4) is 0 Å². The zero-order valence-corrected chi connectivity index (χ0v) is 16.9. The summed E-state index contributed by atoms with van der Waals surface area (Å²) in [6.45, 7) is 0.415. The van der Waals surface area contributed by atoms with Crippen LogP contribution in [-0.4, -0.2) is 38.3 Å². The summed E-state index contributed by atoms with van der Waals surface area (Å²) in [5.41, 5.74) is -0.312. The monoisotopic (exact) mass is 444 g/mol. The van der Waals surface area contributed by atoms with Crippen LogP contribution in [0.15, 0.2) is 41.3 Å². The highest BCUT2D eigenvalue weighted by molar-refractivity contribution is 7.89. The van der Waals surface area contributed by atoms with Gasteiger partial charge in [-0.25, -0.2) is 17.2 Å². The summed E-state index contributed by atoms with van der Waals surface area (Å²) in [4.78, 5) is 12.0. The summed E-state index contributed by atoms with van der Waals surface area (Å²) in [6.07, 6.45) is 2.63. The predicted molar refractivity (Wildman–Crippen MR) is 105 cm³/mol. The summed E-state index contributed by atoms with van der Waals surface area (Å²) in [7, 11) is -3.65. The second kappa shape index (κ2) is 9.06. The summed E-state index contributed by atoms with van der Waals surface area (Å²) >= 11 is 6.11. The Kier molecular flexibility index (Phi) is 6.71. The van der Waals surface area contributed by atoms with Crippen molar-refractivity contribution in [3.05, 3.63) is 53.1 Å². The molecule has 2 aromatic carbocycles. The van der Waals surface area contributed by atoms with Gasteiger partial charge in [-0.3, -0.25) is 4.79 Å². The SMILES string of the molecule is O=C(COc1ccc(S(=O)(=O)N2CCCCC2)cc1Cl)Nc1cc(F)ccc1F. The van der Waals surface area contributed by atoms with Crippen molar-refractivity contribution >= 4 is 33.2 Å². The van der Waals surface area contributed by atoms with Gasteiger partial charge < -0.3 is 10.1 Å². The maximum Gasteiger partial charge on any atom is 0.262 e. The summed E-state index contributed by atoms with van der Waals surface area (Å²) in [6, 6.07) is 6.65. The lowest BCUT2D eigenvalue weighted by Crippen LogP contribution is -2.35. The third kappa shape index (κ3) is 5.23. The average Bonchev–Trinajstić information content (AvgIpc) is 2.70. The first-order chi connectivity index (χ1) is 13.8. The topological polar surface area (TPSA) is 75.7 Å². The van der Waals surface area contributed by atoms with Crippen molar-refractivity contribution < 1.29 is 26.7 Å². The molecular weight excluding hydrogens is 426 g/mol. The second-order valence-electron chi connectivity index (χ2n) is 6.52. The fourth-order valence-electron chi connectivity index (χ4n) is 2.94. The van der Waals surface area contributed by atoms with Crippen molar-refractivity contribution in [2.45, 2.75) is 24.2 Å². The number of benzene rings is 2. The molecule has 2 aromatic rings. The number of carbonyl (C=O) groups is 1. The zero-order valence-electron chi connectivity index (χ0n) is 15.3. The molecule has 0 aromatic heterocycles. The van der Waals surface area contributed by atoms with Crippen molar-refractivity contribution in [2.75, 3.05) is 25.0 Å². The van der Waals surface area contributed by atoms with Gasteiger partial charge in [0.1, 0.15) is 17.4 Å². The van der Waals surface area contributed by atoms with E-state index in [1.165, 1.54) is 22.5 Å². The molecule has 0 bridgehead atoms. The smallest absolute Gasteiger partial charge is 0.262 e. The number of sulfonamides is 1. The Morgan fingerprint density at radius 1 is 1.10 bits per heavy atom. The molecule has 0 unspecified atom stereocenters. The van der Waals surface area contributed by atoms with Crippen LogP contribution in [0.1, 0.15) is 19.3 Å². The van der Waals surface area contributed by atoms with Crippen molar-refractivity contribution in [2.24, 2.45) is 0 Å². The number of nitrogens with zero attached hydrogens (tertiary/aromatic N) is 1. The molecule has 1 aliphatic heterocycles. The van der Waals surface area contributed by atoms with Crippen molar-refractivity contribution in [1.29, 1.82) is 0 Å². The highest BCUT2D eigenvalue weighted by Gasteiger charge is 2.26. The normalized spacial score (nSPS) is 15.1. The third-order valence-corrected chi connectivity index (χ3v) is 6.61. The van der Waals surface area contributed by atoms with E-state index in [-0.39, 0.29) is 21.4 Å². The van der Waals surface area contributed by atoms with Crippen LogP contribution >= 0.6 is 11.6 Å². The number of hydrogen-bond donors (Lipinski definition) is 1. The molecule has 0 aliphatic carbocycles. The lowest BCUT2D eigenvalue weighted by atomic mass is 10.2. The molecular formula is C19H19ClF2N2O4S. The Morgan fingerprint density at radius 3 is 2.52 bits per heavy atom. The molecule has 1 aliphatic rings. The van der Waals surface area contributed by atoms with Gasteiger partial charge in [0.2, 0.25) is 10.0 Å². The minimum absolute atomic E-state index is 0.0211. The maximum atomic E-state index is 13.6. The molecule has 1 amide bonds. The lowest BCUT2D eigenvalue weighted by molar-refractivity contribution is -0.118. The van der Waals surface area contributed by atoms with Crippen LogP contribution in [0.2, 0.25) is 5.02 Å². The lowest BCUT2D eigenvalue weighted by Gasteiger charge is -2.26. The molecule has 1 heterocycles. The van der Waals surface area contributed by atoms with Gasteiger partial charge in [-0.1, -0.05) is 18.0 Å². The van der Waals surface area contributed by atoms with Crippen LogP contribution in [0, 0.1) is 11.6 Å². The fraction of sp³-hybridized carbons (Fsp3) is 0.316. The van der Waals surface area contributed by atoms with E-state index in [1.807, 2.05) is 0 Å². The van der Waals surface area contributed by atoms with Crippen molar-refractivity contribution in [1.82, 2.24) is 4.31 Å². The quantitative estimate of drug-likeness (QED) is 0.735. The van der Waals surface area contributed by atoms with E-state index in [0.29, 0.717) is 13.1 Å². The molecule has 156 valence electrons. The van der Waals surface area contributed by atoms with Gasteiger partial charge >= 0.3 is 0 Å². The number of anilines is 1. The van der Waals surface area contributed by atoms with Crippen LogP contribution in [0.4, 0.5) is 14.5 Å². The standard InChI is InChI=1S/C19H19ClF2N2O4S/c20-15-11-14(29(26,27)24-8-2-1-3-9-24)5-7-18(15)28-12-19(25)23-17-10-13(21)4-6-16(17)22/h4-7,10-11H,1-3,8-9,12H2,(H,23,25). The second-order valence-corrected chi connectivity index (χ2v) is 8.86. The molecule has 1 N–H and O–H groups in total. The maximum absolute atomic E-state index is 13.6. The molecule has 6 nitrogen and oxygen atoms in total. The number of amides is 1. The minimum Gasteiger partial charge on any atom is -0.482 e. The van der Waals surface area contributed by atoms with Crippen molar-refractivity contribution in [3.8, 4) is 5.75 Å². The Balaban J connectivity index is 1.64. The van der Waals surface area contributed by atoms with E-state index in [0.717, 1.165) is 37.5 Å². The fourth-order valence-corrected chi connectivity index (χ4v) is 4.78. The molecule has 29 heavy (non-hydrogen) atoms. The predicted octanol–water partition coefficient (Wildman–Crippen LogP) is 3.81. The van der Waals surface area contributed by atoms with E-state index in [1.54, 1.807) is 0 Å². The molecule has 1 saturated heterocycles. The van der Waals surface area contributed by atoms with Crippen molar-refractivity contribution in [3.63, 3.8) is 0 Å². The number of hydrogen-bond acceptors (Lipinski definition) is 4. The first-order valence-corrected chi connectivity index (χ1v) is 10.8. The van der Waals surface area contributed by atoms with E-state index < -0.39 is 34.2 Å². The number of ether oxygens (including phenoxy) is 1. The number of halogens is 3. The van der Waals surface area contributed by atoms with Crippen LogP contribution in [0.25, 0.3) is 0 Å². The van der Waals surface area contributed by atoms with Gasteiger partial charge in [-0.2, -0.15) is 4.31 Å². The third-order valence-electron chi connectivity index (χ3n) is 4.42.